The fraction of sp³-hybridized carbons (Fsp3) is 0.120. The average molecular weight is 415 g/mol. The zero-order valence-electron chi connectivity index (χ0n) is 16.7. The Morgan fingerprint density at radius 3 is 2.23 bits per heavy atom. The second-order valence-corrected chi connectivity index (χ2v) is 7.82. The van der Waals surface area contributed by atoms with E-state index in [0.29, 0.717) is 23.2 Å². The lowest BCUT2D eigenvalue weighted by molar-refractivity contribution is -0.122. The quantitative estimate of drug-likeness (QED) is 0.510. The first-order valence-corrected chi connectivity index (χ1v) is 10.5. The molecular weight excluding hydrogens is 392 g/mol. The molecule has 1 saturated heterocycles. The van der Waals surface area contributed by atoms with Crippen molar-refractivity contribution in [1.29, 1.82) is 0 Å². The number of para-hydroxylation sites is 1. The molecule has 3 aromatic rings. The maximum absolute atomic E-state index is 13.3. The summed E-state index contributed by atoms with van der Waals surface area (Å²) in [6.07, 6.45) is 1.88. The van der Waals surface area contributed by atoms with Crippen molar-refractivity contribution in [3.63, 3.8) is 0 Å². The van der Waals surface area contributed by atoms with Crippen molar-refractivity contribution < 1.29 is 9.53 Å². The van der Waals surface area contributed by atoms with Gasteiger partial charge in [0.1, 0.15) is 5.75 Å². The molecule has 1 aliphatic rings. The highest BCUT2D eigenvalue weighted by molar-refractivity contribution is 8.18. The number of carbonyl (C=O) groups excluding carboxylic acids is 1. The Morgan fingerprint density at radius 1 is 0.900 bits per heavy atom. The standard InChI is InChI=1S/C25H22N2O2S/c1-29-22-15-9-8-14-21(22)16-23-24(28)27(18-20-12-6-3-7-13-20)25(30-23)26-17-19-10-4-2-5-11-19/h2-16H,17-18H2,1H3/b23-16-,26-25?. The van der Waals surface area contributed by atoms with E-state index < -0.39 is 0 Å². The number of nitrogens with zero attached hydrogens (tertiary/aromatic N) is 2. The third-order valence-corrected chi connectivity index (χ3v) is 5.78. The van der Waals surface area contributed by atoms with Crippen molar-refractivity contribution in [3.05, 3.63) is 107 Å². The van der Waals surface area contributed by atoms with Crippen LogP contribution in [0.1, 0.15) is 16.7 Å². The summed E-state index contributed by atoms with van der Waals surface area (Å²) in [5.74, 6) is 0.698. The smallest absolute Gasteiger partial charge is 0.267 e. The van der Waals surface area contributed by atoms with Crippen LogP contribution in [0, 0.1) is 0 Å². The molecule has 1 fully saturated rings. The molecule has 1 heterocycles. The summed E-state index contributed by atoms with van der Waals surface area (Å²) in [7, 11) is 1.63. The normalized spacial score (nSPS) is 16.4. The van der Waals surface area contributed by atoms with Gasteiger partial charge >= 0.3 is 0 Å². The molecule has 1 aliphatic heterocycles. The first-order valence-electron chi connectivity index (χ1n) is 9.71. The van der Waals surface area contributed by atoms with Crippen LogP contribution in [0.4, 0.5) is 0 Å². The number of benzene rings is 3. The fourth-order valence-corrected chi connectivity index (χ4v) is 4.17. The minimum absolute atomic E-state index is 0.0402. The van der Waals surface area contributed by atoms with Gasteiger partial charge in [-0.15, -0.1) is 0 Å². The molecule has 4 rings (SSSR count). The van der Waals surface area contributed by atoms with E-state index in [-0.39, 0.29) is 5.91 Å². The second-order valence-electron chi connectivity index (χ2n) is 6.81. The minimum Gasteiger partial charge on any atom is -0.496 e. The van der Waals surface area contributed by atoms with Crippen LogP contribution in [0.25, 0.3) is 6.08 Å². The molecule has 0 aromatic heterocycles. The first kappa shape index (κ1) is 20.0. The van der Waals surface area contributed by atoms with Crippen LogP contribution in [-0.4, -0.2) is 23.1 Å². The van der Waals surface area contributed by atoms with Crippen molar-refractivity contribution in [3.8, 4) is 5.75 Å². The van der Waals surface area contributed by atoms with E-state index >= 15 is 0 Å². The molecule has 0 spiro atoms. The predicted octanol–water partition coefficient (Wildman–Crippen LogP) is 5.37. The van der Waals surface area contributed by atoms with Crippen LogP contribution in [0.3, 0.4) is 0 Å². The number of amidine groups is 1. The lowest BCUT2D eigenvalue weighted by Crippen LogP contribution is -2.28. The Labute approximate surface area is 180 Å². The van der Waals surface area contributed by atoms with E-state index in [2.05, 4.69) is 0 Å². The maximum Gasteiger partial charge on any atom is 0.267 e. The summed E-state index contributed by atoms with van der Waals surface area (Å²) in [6.45, 7) is 1.02. The van der Waals surface area contributed by atoms with E-state index in [0.717, 1.165) is 22.4 Å². The van der Waals surface area contributed by atoms with E-state index in [4.69, 9.17) is 9.73 Å². The number of hydrogen-bond acceptors (Lipinski definition) is 4. The van der Waals surface area contributed by atoms with Crippen molar-refractivity contribution in [2.24, 2.45) is 4.99 Å². The number of hydrogen-bond donors (Lipinski definition) is 0. The lowest BCUT2D eigenvalue weighted by atomic mass is 10.1. The topological polar surface area (TPSA) is 41.9 Å². The van der Waals surface area contributed by atoms with Gasteiger partial charge in [0.2, 0.25) is 0 Å². The summed E-state index contributed by atoms with van der Waals surface area (Å²) >= 11 is 1.41. The number of ether oxygens (including phenoxy) is 1. The molecule has 0 saturated carbocycles. The van der Waals surface area contributed by atoms with Crippen molar-refractivity contribution in [1.82, 2.24) is 4.90 Å². The van der Waals surface area contributed by atoms with Crippen LogP contribution in [-0.2, 0) is 17.9 Å². The molecule has 30 heavy (non-hydrogen) atoms. The first-order chi connectivity index (χ1) is 14.7. The van der Waals surface area contributed by atoms with Gasteiger partial charge in [-0.3, -0.25) is 14.7 Å². The van der Waals surface area contributed by atoms with Crippen LogP contribution < -0.4 is 4.74 Å². The van der Waals surface area contributed by atoms with E-state index in [1.807, 2.05) is 91.0 Å². The Balaban J connectivity index is 1.65. The Kier molecular flexibility index (Phi) is 6.30. The zero-order valence-corrected chi connectivity index (χ0v) is 17.5. The van der Waals surface area contributed by atoms with Crippen LogP contribution in [0.5, 0.6) is 5.75 Å². The number of thioether (sulfide) groups is 1. The van der Waals surface area contributed by atoms with Gasteiger partial charge < -0.3 is 4.74 Å². The molecule has 1 amide bonds. The van der Waals surface area contributed by atoms with E-state index in [9.17, 15) is 4.79 Å². The highest BCUT2D eigenvalue weighted by atomic mass is 32.2. The summed E-state index contributed by atoms with van der Waals surface area (Å²) in [5.41, 5.74) is 3.05. The fourth-order valence-electron chi connectivity index (χ4n) is 3.20. The van der Waals surface area contributed by atoms with Crippen LogP contribution in [0.2, 0.25) is 0 Å². The van der Waals surface area contributed by atoms with E-state index in [1.165, 1.54) is 11.8 Å². The highest BCUT2D eigenvalue weighted by Gasteiger charge is 2.33. The molecule has 0 N–H and O–H groups in total. The molecule has 4 nitrogen and oxygen atoms in total. The number of carbonyl (C=O) groups is 1. The maximum atomic E-state index is 13.3. The molecule has 3 aromatic carbocycles. The second kappa shape index (κ2) is 9.46. The summed E-state index contributed by atoms with van der Waals surface area (Å²) in [6, 6.07) is 27.7. The van der Waals surface area contributed by atoms with Gasteiger partial charge in [-0.25, -0.2) is 0 Å². The minimum atomic E-state index is -0.0402. The third kappa shape index (κ3) is 4.63. The Bertz CT molecular complexity index is 1080. The van der Waals surface area contributed by atoms with Gasteiger partial charge in [0.05, 0.1) is 25.1 Å². The largest absolute Gasteiger partial charge is 0.496 e. The van der Waals surface area contributed by atoms with Crippen molar-refractivity contribution >= 4 is 28.9 Å². The zero-order chi connectivity index (χ0) is 20.8. The summed E-state index contributed by atoms with van der Waals surface area (Å²) in [4.78, 5) is 20.4. The molecule has 0 bridgehead atoms. The molecular formula is C25H22N2O2S. The molecule has 0 radical (unpaired) electrons. The van der Waals surface area contributed by atoms with Gasteiger partial charge in [-0.2, -0.15) is 0 Å². The molecule has 150 valence electrons. The van der Waals surface area contributed by atoms with Crippen LogP contribution in [0.15, 0.2) is 94.8 Å². The predicted molar refractivity (Wildman–Crippen MR) is 123 cm³/mol. The molecule has 0 atom stereocenters. The van der Waals surface area contributed by atoms with Gasteiger partial charge in [0.25, 0.3) is 5.91 Å². The third-order valence-electron chi connectivity index (χ3n) is 4.74. The number of amides is 1. The van der Waals surface area contributed by atoms with Gasteiger partial charge in [-0.1, -0.05) is 78.9 Å². The van der Waals surface area contributed by atoms with Gasteiger partial charge in [-0.05, 0) is 35.0 Å². The number of rotatable bonds is 6. The highest BCUT2D eigenvalue weighted by Crippen LogP contribution is 2.35. The Morgan fingerprint density at radius 2 is 1.53 bits per heavy atom. The summed E-state index contributed by atoms with van der Waals surface area (Å²) in [5, 5.41) is 0.717. The average Bonchev–Trinajstić information content (AvgIpc) is 3.08. The summed E-state index contributed by atoms with van der Waals surface area (Å²) < 4.78 is 5.44. The molecule has 0 unspecified atom stereocenters. The molecule has 0 aliphatic carbocycles. The van der Waals surface area contributed by atoms with Gasteiger partial charge in [0.15, 0.2) is 5.17 Å². The van der Waals surface area contributed by atoms with Crippen molar-refractivity contribution in [2.75, 3.05) is 7.11 Å². The number of aliphatic imine (C=N–C) groups is 1. The lowest BCUT2D eigenvalue weighted by Gasteiger charge is -2.15. The van der Waals surface area contributed by atoms with Gasteiger partial charge in [0, 0.05) is 5.56 Å². The van der Waals surface area contributed by atoms with E-state index in [1.54, 1.807) is 12.0 Å². The Hall–Kier alpha value is -3.31. The monoisotopic (exact) mass is 414 g/mol. The SMILES string of the molecule is COc1ccccc1/C=C1\SC(=NCc2ccccc2)N(Cc2ccccc2)C1=O. The van der Waals surface area contributed by atoms with Crippen LogP contribution >= 0.6 is 11.8 Å². The molecule has 5 heteroatoms. The van der Waals surface area contributed by atoms with Crippen molar-refractivity contribution in [2.45, 2.75) is 13.1 Å². The number of methoxy groups -OCH3 is 1.